The Balaban J connectivity index is 1.87. The molecule has 114 valence electrons. The maximum absolute atomic E-state index is 12.6. The van der Waals surface area contributed by atoms with Crippen LogP contribution in [0.4, 0.5) is 0 Å². The lowest BCUT2D eigenvalue weighted by molar-refractivity contribution is -0.128. The molecule has 0 aromatic heterocycles. The van der Waals surface area contributed by atoms with Crippen LogP contribution >= 0.6 is 12.2 Å². The van der Waals surface area contributed by atoms with Gasteiger partial charge in [0.15, 0.2) is 0 Å². The lowest BCUT2D eigenvalue weighted by Crippen LogP contribution is -2.52. The van der Waals surface area contributed by atoms with Crippen LogP contribution < -0.4 is 11.1 Å². The van der Waals surface area contributed by atoms with Crippen molar-refractivity contribution in [2.75, 3.05) is 19.6 Å². The third-order valence-electron chi connectivity index (χ3n) is 4.72. The molecule has 0 aromatic carbocycles. The van der Waals surface area contributed by atoms with Gasteiger partial charge in [0.25, 0.3) is 0 Å². The summed E-state index contributed by atoms with van der Waals surface area (Å²) < 4.78 is 0. The normalized spacial score (nSPS) is 24.2. The average molecular weight is 297 g/mol. The van der Waals surface area contributed by atoms with E-state index in [1.54, 1.807) is 0 Å². The molecule has 1 saturated carbocycles. The van der Waals surface area contributed by atoms with Gasteiger partial charge >= 0.3 is 0 Å². The Morgan fingerprint density at radius 3 is 2.40 bits per heavy atom. The van der Waals surface area contributed by atoms with Crippen molar-refractivity contribution in [3.8, 4) is 0 Å². The Morgan fingerprint density at radius 1 is 1.25 bits per heavy atom. The zero-order valence-corrected chi connectivity index (χ0v) is 13.3. The monoisotopic (exact) mass is 297 g/mol. The zero-order valence-electron chi connectivity index (χ0n) is 12.5. The predicted octanol–water partition coefficient (Wildman–Crippen LogP) is 1.82. The van der Waals surface area contributed by atoms with E-state index in [1.807, 2.05) is 0 Å². The van der Waals surface area contributed by atoms with E-state index in [1.165, 1.54) is 19.3 Å². The first-order chi connectivity index (χ1) is 9.54. The van der Waals surface area contributed by atoms with Crippen molar-refractivity contribution in [2.45, 2.75) is 57.9 Å². The summed E-state index contributed by atoms with van der Waals surface area (Å²) in [7, 11) is 0. The van der Waals surface area contributed by atoms with Gasteiger partial charge in [-0.3, -0.25) is 4.79 Å². The number of amides is 1. The van der Waals surface area contributed by atoms with Crippen LogP contribution in [0.1, 0.15) is 51.9 Å². The molecule has 1 saturated heterocycles. The van der Waals surface area contributed by atoms with Gasteiger partial charge in [0.05, 0.1) is 10.4 Å². The van der Waals surface area contributed by atoms with E-state index >= 15 is 0 Å². The number of thiocarbonyl (C=S) groups is 1. The third-order valence-corrected chi connectivity index (χ3v) is 5.11. The molecule has 2 rings (SSSR count). The topological polar surface area (TPSA) is 58.4 Å². The number of likely N-dealkylation sites (tertiary alicyclic amines) is 1. The van der Waals surface area contributed by atoms with E-state index in [4.69, 9.17) is 18.0 Å². The number of rotatable bonds is 5. The van der Waals surface area contributed by atoms with Crippen molar-refractivity contribution in [2.24, 2.45) is 11.1 Å². The second-order valence-corrected chi connectivity index (χ2v) is 6.83. The molecule has 1 heterocycles. The number of carbonyl (C=O) groups excluding carboxylic acids is 1. The van der Waals surface area contributed by atoms with Crippen molar-refractivity contribution in [3.63, 3.8) is 0 Å². The fourth-order valence-corrected chi connectivity index (χ4v) is 3.80. The largest absolute Gasteiger partial charge is 0.392 e. The molecule has 0 aromatic rings. The summed E-state index contributed by atoms with van der Waals surface area (Å²) in [5, 5.41) is 3.14. The standard InChI is InChI=1S/C15H27N3OS/c1-12(11-18-9-5-2-6-10-18)17-14(19)15(13(16)20)7-3-4-8-15/h12H,2-11H2,1H3,(H2,16,20)(H,17,19). The van der Waals surface area contributed by atoms with Gasteiger partial charge in [0, 0.05) is 12.6 Å². The maximum Gasteiger partial charge on any atom is 0.233 e. The van der Waals surface area contributed by atoms with Crippen LogP contribution in [0.5, 0.6) is 0 Å². The Bertz CT molecular complexity index is 360. The van der Waals surface area contributed by atoms with Gasteiger partial charge in [-0.05, 0) is 45.7 Å². The smallest absolute Gasteiger partial charge is 0.233 e. The number of piperidine rings is 1. The highest BCUT2D eigenvalue weighted by Crippen LogP contribution is 2.38. The molecule has 1 aliphatic heterocycles. The van der Waals surface area contributed by atoms with Crippen molar-refractivity contribution < 1.29 is 4.79 Å². The number of carbonyl (C=O) groups is 1. The summed E-state index contributed by atoms with van der Waals surface area (Å²) in [6.45, 7) is 5.31. The first-order valence-electron chi connectivity index (χ1n) is 7.88. The van der Waals surface area contributed by atoms with Crippen LogP contribution in [-0.4, -0.2) is 41.5 Å². The molecule has 1 amide bonds. The summed E-state index contributed by atoms with van der Waals surface area (Å²) in [5.74, 6) is 0.0482. The third kappa shape index (κ3) is 3.50. The molecule has 0 spiro atoms. The number of nitrogens with one attached hydrogen (secondary N) is 1. The average Bonchev–Trinajstić information content (AvgIpc) is 2.90. The van der Waals surface area contributed by atoms with Gasteiger partial charge in [0.1, 0.15) is 0 Å². The molecule has 5 heteroatoms. The van der Waals surface area contributed by atoms with Crippen molar-refractivity contribution in [3.05, 3.63) is 0 Å². The highest BCUT2D eigenvalue weighted by Gasteiger charge is 2.44. The molecule has 2 fully saturated rings. The number of hydrogen-bond donors (Lipinski definition) is 2. The lowest BCUT2D eigenvalue weighted by Gasteiger charge is -2.32. The van der Waals surface area contributed by atoms with Crippen LogP contribution in [0, 0.1) is 5.41 Å². The second-order valence-electron chi connectivity index (χ2n) is 6.39. The van der Waals surface area contributed by atoms with Crippen LogP contribution in [0.25, 0.3) is 0 Å². The van der Waals surface area contributed by atoms with Gasteiger partial charge in [-0.2, -0.15) is 0 Å². The molecule has 0 radical (unpaired) electrons. The zero-order chi connectivity index (χ0) is 14.6. The van der Waals surface area contributed by atoms with Crippen LogP contribution in [0.15, 0.2) is 0 Å². The van der Waals surface area contributed by atoms with Gasteiger partial charge in [-0.1, -0.05) is 31.5 Å². The summed E-state index contributed by atoms with van der Waals surface area (Å²) in [6, 6.07) is 0.160. The highest BCUT2D eigenvalue weighted by molar-refractivity contribution is 7.80. The minimum atomic E-state index is -0.578. The Labute approximate surface area is 127 Å². The summed E-state index contributed by atoms with van der Waals surface area (Å²) >= 11 is 5.16. The van der Waals surface area contributed by atoms with E-state index in [0.29, 0.717) is 4.99 Å². The van der Waals surface area contributed by atoms with E-state index in [9.17, 15) is 4.79 Å². The molecule has 4 nitrogen and oxygen atoms in total. The summed E-state index contributed by atoms with van der Waals surface area (Å²) in [5.41, 5.74) is 5.28. The van der Waals surface area contributed by atoms with E-state index in [0.717, 1.165) is 45.3 Å². The number of nitrogens with zero attached hydrogens (tertiary/aromatic N) is 1. The molecular formula is C15H27N3OS. The Hall–Kier alpha value is -0.680. The first kappa shape index (κ1) is 15.7. The quantitative estimate of drug-likeness (QED) is 0.760. The van der Waals surface area contributed by atoms with Gasteiger partial charge in [-0.15, -0.1) is 0 Å². The molecular weight excluding hydrogens is 270 g/mol. The number of nitrogens with two attached hydrogens (primary N) is 1. The van der Waals surface area contributed by atoms with Gasteiger partial charge in [0.2, 0.25) is 5.91 Å². The van der Waals surface area contributed by atoms with Crippen molar-refractivity contribution in [1.82, 2.24) is 10.2 Å². The maximum atomic E-state index is 12.6. The molecule has 1 unspecified atom stereocenters. The van der Waals surface area contributed by atoms with E-state index in [-0.39, 0.29) is 11.9 Å². The SMILES string of the molecule is CC(CN1CCCCC1)NC(=O)C1(C(N)=S)CCCC1. The predicted molar refractivity (Wildman–Crippen MR) is 85.6 cm³/mol. The van der Waals surface area contributed by atoms with Crippen LogP contribution in [-0.2, 0) is 4.79 Å². The van der Waals surface area contributed by atoms with Crippen LogP contribution in [0.3, 0.4) is 0 Å². The molecule has 1 aliphatic carbocycles. The minimum Gasteiger partial charge on any atom is -0.392 e. The lowest BCUT2D eigenvalue weighted by atomic mass is 9.85. The van der Waals surface area contributed by atoms with Crippen molar-refractivity contribution in [1.29, 1.82) is 0 Å². The molecule has 3 N–H and O–H groups in total. The second kappa shape index (κ2) is 6.85. The highest BCUT2D eigenvalue weighted by atomic mass is 32.1. The number of hydrogen-bond acceptors (Lipinski definition) is 3. The fraction of sp³-hybridized carbons (Fsp3) is 0.867. The fourth-order valence-electron chi connectivity index (χ4n) is 3.50. The van der Waals surface area contributed by atoms with Crippen LogP contribution in [0.2, 0.25) is 0 Å². The Morgan fingerprint density at radius 2 is 1.85 bits per heavy atom. The molecule has 1 atom stereocenters. The molecule has 2 aliphatic rings. The minimum absolute atomic E-state index is 0.0482. The Kier molecular flexibility index (Phi) is 5.38. The first-order valence-corrected chi connectivity index (χ1v) is 8.29. The molecule has 20 heavy (non-hydrogen) atoms. The summed E-state index contributed by atoms with van der Waals surface area (Å²) in [4.78, 5) is 15.4. The van der Waals surface area contributed by atoms with E-state index < -0.39 is 5.41 Å². The summed E-state index contributed by atoms with van der Waals surface area (Å²) in [6.07, 6.45) is 7.60. The van der Waals surface area contributed by atoms with E-state index in [2.05, 4.69) is 17.1 Å². The van der Waals surface area contributed by atoms with Gasteiger partial charge in [-0.25, -0.2) is 0 Å². The molecule has 0 bridgehead atoms. The van der Waals surface area contributed by atoms with Gasteiger partial charge < -0.3 is 16.0 Å². The van der Waals surface area contributed by atoms with Crippen molar-refractivity contribution >= 4 is 23.1 Å².